The largest absolute Gasteiger partial charge is 0.469 e. The minimum atomic E-state index is -0.558. The first kappa shape index (κ1) is 28.1. The topological polar surface area (TPSA) is 112 Å². The summed E-state index contributed by atoms with van der Waals surface area (Å²) in [6.45, 7) is 5.46. The summed E-state index contributed by atoms with van der Waals surface area (Å²) in [6, 6.07) is 22.6. The van der Waals surface area contributed by atoms with E-state index in [1.165, 1.54) is 7.11 Å². The number of para-hydroxylation sites is 1. The van der Waals surface area contributed by atoms with E-state index in [-0.39, 0.29) is 11.9 Å². The van der Waals surface area contributed by atoms with Gasteiger partial charge in [0, 0.05) is 35.7 Å². The second kappa shape index (κ2) is 12.3. The van der Waals surface area contributed by atoms with Gasteiger partial charge in [0.25, 0.3) is 5.91 Å². The zero-order chi connectivity index (χ0) is 28.8. The van der Waals surface area contributed by atoms with E-state index in [0.717, 1.165) is 33.6 Å². The Labute approximate surface area is 233 Å². The van der Waals surface area contributed by atoms with Crippen LogP contribution >= 0.6 is 0 Å². The Morgan fingerprint density at radius 3 is 2.12 bits per heavy atom. The van der Waals surface area contributed by atoms with Crippen molar-refractivity contribution in [3.05, 3.63) is 89.6 Å². The molecule has 2 aliphatic rings. The van der Waals surface area contributed by atoms with E-state index in [2.05, 4.69) is 20.5 Å². The third-order valence-corrected chi connectivity index (χ3v) is 6.58. The van der Waals surface area contributed by atoms with Crippen LogP contribution in [0, 0.1) is 6.92 Å². The van der Waals surface area contributed by atoms with Crippen molar-refractivity contribution < 1.29 is 23.9 Å². The van der Waals surface area contributed by atoms with Crippen LogP contribution in [0.2, 0.25) is 0 Å². The van der Waals surface area contributed by atoms with Gasteiger partial charge in [-0.25, -0.2) is 4.79 Å². The third-order valence-electron chi connectivity index (χ3n) is 6.58. The normalized spacial score (nSPS) is 11.4. The maximum Gasteiger partial charge on any atom is 0.412 e. The van der Waals surface area contributed by atoms with Crippen LogP contribution < -0.4 is 10.6 Å². The van der Waals surface area contributed by atoms with Crippen molar-refractivity contribution in [2.45, 2.75) is 33.3 Å². The number of nitrogens with one attached hydrogen (secondary N) is 2. The van der Waals surface area contributed by atoms with Crippen LogP contribution in [0.1, 0.15) is 48.0 Å². The fraction of sp³-hybridized carbons (Fsp3) is 0.226. The predicted molar refractivity (Wildman–Crippen MR) is 154 cm³/mol. The standard InChI is InChI=1S/C27H24N4O3.C4H8O2/c1-16-23(29-27(33)34-17(2)18-8-5-4-6-9-18)24(30-31(16)3)19-12-14-20(15-13-19)26(32)28-25-21-10-7-11-22(21)25;1-3-4(5)6-2/h4-15,17H,1-3H3,(H,28,32)(H,29,33);3H2,1-2H3. The highest BCUT2D eigenvalue weighted by molar-refractivity contribution is 6.16. The predicted octanol–water partition coefficient (Wildman–Crippen LogP) is 6.51. The number of carbonyl (C=O) groups is 3. The van der Waals surface area contributed by atoms with Crippen molar-refractivity contribution in [1.82, 2.24) is 9.78 Å². The summed E-state index contributed by atoms with van der Waals surface area (Å²) in [5.41, 5.74) is 7.29. The molecule has 1 heterocycles. The van der Waals surface area contributed by atoms with Gasteiger partial charge in [0.1, 0.15) is 11.8 Å². The van der Waals surface area contributed by atoms with Gasteiger partial charge in [-0.05, 0) is 31.5 Å². The lowest BCUT2D eigenvalue weighted by Crippen LogP contribution is -2.17. The van der Waals surface area contributed by atoms with E-state index < -0.39 is 12.2 Å². The van der Waals surface area contributed by atoms with Crippen LogP contribution in [0.15, 0.2) is 72.8 Å². The average molecular weight is 541 g/mol. The first-order valence-corrected chi connectivity index (χ1v) is 12.9. The average Bonchev–Trinajstić information content (AvgIpc) is 3.25. The van der Waals surface area contributed by atoms with E-state index in [4.69, 9.17) is 4.74 Å². The summed E-state index contributed by atoms with van der Waals surface area (Å²) in [7, 11) is 3.19. The summed E-state index contributed by atoms with van der Waals surface area (Å²) < 4.78 is 11.5. The zero-order valence-corrected chi connectivity index (χ0v) is 23.1. The smallest absolute Gasteiger partial charge is 0.412 e. The minimum Gasteiger partial charge on any atom is -0.469 e. The van der Waals surface area contributed by atoms with E-state index in [9.17, 15) is 14.4 Å². The van der Waals surface area contributed by atoms with Crippen LogP contribution in [0.25, 0.3) is 22.4 Å². The van der Waals surface area contributed by atoms with Gasteiger partial charge in [-0.15, -0.1) is 0 Å². The van der Waals surface area contributed by atoms with Gasteiger partial charge in [0.05, 0.1) is 24.2 Å². The summed E-state index contributed by atoms with van der Waals surface area (Å²) in [6.07, 6.45) is -0.485. The number of aromatic nitrogens is 2. The number of hydrogen-bond donors (Lipinski definition) is 2. The van der Waals surface area contributed by atoms with Crippen LogP contribution in [0.5, 0.6) is 0 Å². The molecule has 0 radical (unpaired) electrons. The molecular weight excluding hydrogens is 508 g/mol. The number of nitrogens with zero attached hydrogens (tertiary/aromatic N) is 2. The Hall–Kier alpha value is -4.92. The molecule has 1 unspecified atom stereocenters. The highest BCUT2D eigenvalue weighted by Gasteiger charge is 2.25. The number of anilines is 2. The zero-order valence-electron chi connectivity index (χ0n) is 23.1. The number of esters is 1. The molecule has 0 saturated carbocycles. The van der Waals surface area contributed by atoms with Crippen molar-refractivity contribution in [3.8, 4) is 22.4 Å². The van der Waals surface area contributed by atoms with Crippen LogP contribution in [0.4, 0.5) is 16.2 Å². The molecular formula is C31H32N4O5. The molecule has 0 fully saturated rings. The molecule has 40 heavy (non-hydrogen) atoms. The molecule has 2 N–H and O–H groups in total. The lowest BCUT2D eigenvalue weighted by molar-refractivity contribution is -0.140. The monoisotopic (exact) mass is 540 g/mol. The van der Waals surface area contributed by atoms with Crippen LogP contribution in [-0.2, 0) is 21.3 Å². The second-order valence-electron chi connectivity index (χ2n) is 9.21. The maximum absolute atomic E-state index is 12.6. The van der Waals surface area contributed by atoms with Crippen LogP contribution in [0.3, 0.4) is 0 Å². The molecule has 206 valence electrons. The summed E-state index contributed by atoms with van der Waals surface area (Å²) in [5, 5.41) is 10.4. The number of benzene rings is 3. The fourth-order valence-electron chi connectivity index (χ4n) is 4.09. The second-order valence-corrected chi connectivity index (χ2v) is 9.21. The maximum atomic E-state index is 12.6. The SMILES string of the molecule is CCC(=O)OC.Cc1c(NC(=O)OC(C)c2ccccc2)c(-c2ccc(C(=O)Nc3c4cccc3-4)cc2)nn1C. The number of amides is 2. The molecule has 2 aliphatic carbocycles. The first-order chi connectivity index (χ1) is 19.2. The number of fused-ring (bicyclic) bond motifs is 1. The molecule has 0 spiro atoms. The number of ether oxygens (including phenoxy) is 2. The van der Waals surface area contributed by atoms with E-state index in [1.807, 2.05) is 81.6 Å². The number of rotatable bonds is 7. The van der Waals surface area contributed by atoms with Gasteiger partial charge < -0.3 is 14.8 Å². The molecule has 9 heteroatoms. The number of carbonyl (C=O) groups excluding carboxylic acids is 3. The number of methoxy groups -OCH3 is 1. The molecule has 0 aliphatic heterocycles. The Kier molecular flexibility index (Phi) is 8.63. The van der Waals surface area contributed by atoms with Crippen molar-refractivity contribution in [1.29, 1.82) is 0 Å². The highest BCUT2D eigenvalue weighted by Crippen LogP contribution is 2.48. The summed E-state index contributed by atoms with van der Waals surface area (Å²) >= 11 is 0. The minimum absolute atomic E-state index is 0.157. The van der Waals surface area contributed by atoms with E-state index >= 15 is 0 Å². The van der Waals surface area contributed by atoms with Gasteiger partial charge in [0.15, 0.2) is 0 Å². The molecule has 9 nitrogen and oxygen atoms in total. The van der Waals surface area contributed by atoms with Crippen LogP contribution in [-0.4, -0.2) is 34.9 Å². The Bertz CT molecular complexity index is 1500. The molecule has 5 rings (SSSR count). The third kappa shape index (κ3) is 6.37. The fourth-order valence-corrected chi connectivity index (χ4v) is 4.09. The van der Waals surface area contributed by atoms with E-state index in [1.54, 1.807) is 23.7 Å². The molecule has 3 aromatic rings. The van der Waals surface area contributed by atoms with Crippen molar-refractivity contribution in [2.75, 3.05) is 17.7 Å². The van der Waals surface area contributed by atoms with E-state index in [0.29, 0.717) is 23.4 Å². The lowest BCUT2D eigenvalue weighted by atomic mass is 10.1. The molecule has 2 aromatic carbocycles. The Balaban J connectivity index is 0.000000557. The molecule has 0 bridgehead atoms. The number of aryl methyl sites for hydroxylation is 1. The van der Waals surface area contributed by atoms with Crippen molar-refractivity contribution in [3.63, 3.8) is 0 Å². The Morgan fingerprint density at radius 1 is 0.900 bits per heavy atom. The van der Waals surface area contributed by atoms with Crippen molar-refractivity contribution in [2.24, 2.45) is 7.05 Å². The summed E-state index contributed by atoms with van der Waals surface area (Å²) in [5.74, 6) is -0.318. The highest BCUT2D eigenvalue weighted by atomic mass is 16.6. The summed E-state index contributed by atoms with van der Waals surface area (Å²) in [4.78, 5) is 35.2. The molecule has 1 aromatic heterocycles. The molecule has 2 amide bonds. The van der Waals surface area contributed by atoms with Gasteiger partial charge in [0.2, 0.25) is 0 Å². The van der Waals surface area contributed by atoms with Gasteiger partial charge in [-0.2, -0.15) is 5.10 Å². The lowest BCUT2D eigenvalue weighted by Gasteiger charge is -2.14. The quantitative estimate of drug-likeness (QED) is 0.228. The first-order valence-electron chi connectivity index (χ1n) is 12.9. The molecule has 1 atom stereocenters. The van der Waals surface area contributed by atoms with Gasteiger partial charge >= 0.3 is 12.1 Å². The van der Waals surface area contributed by atoms with Gasteiger partial charge in [-0.3, -0.25) is 19.6 Å². The molecule has 0 saturated heterocycles. The number of hydrogen-bond acceptors (Lipinski definition) is 6. The van der Waals surface area contributed by atoms with Gasteiger partial charge in [-0.1, -0.05) is 67.6 Å². The Morgan fingerprint density at radius 2 is 1.55 bits per heavy atom. The van der Waals surface area contributed by atoms with Crippen molar-refractivity contribution >= 4 is 29.3 Å².